The Morgan fingerprint density at radius 3 is 2.56 bits per heavy atom. The van der Waals surface area contributed by atoms with Crippen LogP contribution in [0.15, 0.2) is 53.5 Å². The van der Waals surface area contributed by atoms with Crippen molar-refractivity contribution in [2.75, 3.05) is 6.61 Å². The largest absolute Gasteiger partial charge is 0.466 e. The molecule has 4 nitrogen and oxygen atoms in total. The van der Waals surface area contributed by atoms with Gasteiger partial charge in [-0.05, 0) is 42.2 Å². The molecule has 0 spiro atoms. The maximum absolute atomic E-state index is 6.79. The summed E-state index contributed by atoms with van der Waals surface area (Å²) in [5, 5.41) is 1.26. The van der Waals surface area contributed by atoms with Crippen molar-refractivity contribution in [2.45, 2.75) is 69.9 Å². The third kappa shape index (κ3) is 3.60. The van der Waals surface area contributed by atoms with Crippen LogP contribution in [0.2, 0.25) is 18.1 Å². The number of rotatable bonds is 3. The van der Waals surface area contributed by atoms with Gasteiger partial charge in [0.25, 0.3) is 0 Å². The topological polar surface area (TPSA) is 34.1 Å². The van der Waals surface area contributed by atoms with E-state index in [-0.39, 0.29) is 17.0 Å². The lowest BCUT2D eigenvalue weighted by Crippen LogP contribution is -2.58. The van der Waals surface area contributed by atoms with Gasteiger partial charge in [-0.2, -0.15) is 0 Å². The number of fused-ring (bicyclic) bond motifs is 7. The molecule has 6 heteroatoms. The first-order valence-corrected chi connectivity index (χ1v) is 15.5. The van der Waals surface area contributed by atoms with E-state index in [0.29, 0.717) is 6.61 Å². The van der Waals surface area contributed by atoms with Crippen molar-refractivity contribution in [1.29, 1.82) is 0 Å². The molecule has 1 unspecified atom stereocenters. The minimum absolute atomic E-state index is 0.126. The summed E-state index contributed by atoms with van der Waals surface area (Å²) < 4.78 is 13.4. The molecule has 3 aliphatic rings. The number of benzene rings is 2. The van der Waals surface area contributed by atoms with E-state index in [0.717, 1.165) is 23.2 Å². The number of thioether (sulfide) groups is 1. The molecule has 0 fully saturated rings. The molecule has 0 radical (unpaired) electrons. The minimum atomic E-state index is -1.90. The summed E-state index contributed by atoms with van der Waals surface area (Å²) in [6.45, 7) is 15.2. The molecule has 0 aromatic heterocycles. The summed E-state index contributed by atoms with van der Waals surface area (Å²) >= 11 is 1.83. The zero-order valence-corrected chi connectivity index (χ0v) is 21.8. The summed E-state index contributed by atoms with van der Waals surface area (Å²) in [5.74, 6) is 2.02. The molecule has 2 aromatic rings. The maximum Gasteiger partial charge on any atom is 0.207 e. The highest BCUT2D eigenvalue weighted by molar-refractivity contribution is 8.13. The zero-order valence-electron chi connectivity index (χ0n) is 20.0. The zero-order chi connectivity index (χ0) is 22.7. The highest BCUT2D eigenvalue weighted by Crippen LogP contribution is 2.53. The molecular weight excluding hydrogens is 432 g/mol. The molecule has 5 rings (SSSR count). The highest BCUT2D eigenvalue weighted by Gasteiger charge is 2.54. The van der Waals surface area contributed by atoms with Gasteiger partial charge < -0.3 is 14.1 Å². The number of hydrogen-bond acceptors (Lipinski definition) is 5. The SMILES string of the molecule is CC12N=C3SCc4ccccc4CN3[C@H](c3ccccc3O1)[C@H]2CO[Si](C)(C)C(C)(C)C. The van der Waals surface area contributed by atoms with Crippen LogP contribution in [0.3, 0.4) is 0 Å². The average Bonchev–Trinajstić information content (AvgIpc) is 2.90. The Hall–Kier alpha value is -1.76. The molecule has 3 aliphatic heterocycles. The molecule has 0 aliphatic carbocycles. The predicted octanol–water partition coefficient (Wildman–Crippen LogP) is 6.59. The van der Waals surface area contributed by atoms with Crippen molar-refractivity contribution in [3.05, 3.63) is 65.2 Å². The van der Waals surface area contributed by atoms with Crippen LogP contribution in [0, 0.1) is 5.92 Å². The molecule has 0 saturated heterocycles. The van der Waals surface area contributed by atoms with E-state index in [1.54, 1.807) is 0 Å². The lowest BCUT2D eigenvalue weighted by molar-refractivity contribution is -0.0596. The van der Waals surface area contributed by atoms with Crippen molar-refractivity contribution in [2.24, 2.45) is 10.9 Å². The van der Waals surface area contributed by atoms with E-state index in [1.165, 1.54) is 16.7 Å². The molecule has 0 saturated carbocycles. The molecule has 2 bridgehead atoms. The normalized spacial score (nSPS) is 26.8. The molecular formula is C26H34N2O2SSi. The van der Waals surface area contributed by atoms with E-state index >= 15 is 0 Å². The van der Waals surface area contributed by atoms with Crippen molar-refractivity contribution >= 4 is 25.2 Å². The van der Waals surface area contributed by atoms with Crippen LogP contribution in [0.4, 0.5) is 0 Å². The second-order valence-electron chi connectivity index (χ2n) is 10.9. The smallest absolute Gasteiger partial charge is 0.207 e. The summed E-state index contributed by atoms with van der Waals surface area (Å²) in [6.07, 6.45) is 0. The molecule has 0 amide bonds. The number of ether oxygens (including phenoxy) is 1. The Morgan fingerprint density at radius 1 is 1.12 bits per heavy atom. The van der Waals surface area contributed by atoms with Gasteiger partial charge in [-0.15, -0.1) is 0 Å². The van der Waals surface area contributed by atoms with Crippen LogP contribution in [0.5, 0.6) is 5.75 Å². The lowest BCUT2D eigenvalue weighted by atomic mass is 9.80. The first kappa shape index (κ1) is 22.1. The van der Waals surface area contributed by atoms with Crippen LogP contribution in [-0.4, -0.2) is 30.7 Å². The van der Waals surface area contributed by atoms with Gasteiger partial charge in [-0.25, -0.2) is 4.99 Å². The van der Waals surface area contributed by atoms with Gasteiger partial charge in [-0.3, -0.25) is 0 Å². The number of para-hydroxylation sites is 1. The minimum Gasteiger partial charge on any atom is -0.466 e. The monoisotopic (exact) mass is 466 g/mol. The van der Waals surface area contributed by atoms with Gasteiger partial charge >= 0.3 is 0 Å². The van der Waals surface area contributed by atoms with Gasteiger partial charge in [0.15, 0.2) is 13.5 Å². The molecule has 32 heavy (non-hydrogen) atoms. The number of nitrogens with zero attached hydrogens (tertiary/aromatic N) is 2. The maximum atomic E-state index is 6.79. The highest BCUT2D eigenvalue weighted by atomic mass is 32.2. The number of aliphatic imine (C=N–C) groups is 1. The van der Waals surface area contributed by atoms with Crippen LogP contribution in [0.1, 0.15) is 50.4 Å². The summed E-state index contributed by atoms with van der Waals surface area (Å²) in [5.41, 5.74) is 3.41. The Labute approximate surface area is 197 Å². The Bertz CT molecular complexity index is 1060. The first-order valence-electron chi connectivity index (χ1n) is 11.6. The summed E-state index contributed by atoms with van der Waals surface area (Å²) in [6, 6.07) is 17.5. The quantitative estimate of drug-likeness (QED) is 0.478. The standard InChI is InChI=1S/C26H34N2O2SSi/c1-25(2,3)32(5,6)29-16-21-23-20-13-9-10-14-22(20)30-26(21,4)27-24-28(23)15-18-11-7-8-12-19(18)17-31-24/h7-14,21,23H,15-17H2,1-6H3/t21-,23-,26?/m1/s1. The first-order chi connectivity index (χ1) is 15.1. The summed E-state index contributed by atoms with van der Waals surface area (Å²) in [7, 11) is -1.90. The van der Waals surface area contributed by atoms with E-state index < -0.39 is 14.0 Å². The van der Waals surface area contributed by atoms with Gasteiger partial charge in [0.2, 0.25) is 5.72 Å². The fraction of sp³-hybridized carbons (Fsp3) is 0.500. The molecule has 170 valence electrons. The van der Waals surface area contributed by atoms with Crippen molar-refractivity contribution in [1.82, 2.24) is 4.90 Å². The molecule has 3 heterocycles. The van der Waals surface area contributed by atoms with Gasteiger partial charge in [-0.1, -0.05) is 75.0 Å². The predicted molar refractivity (Wildman–Crippen MR) is 136 cm³/mol. The van der Waals surface area contributed by atoms with Crippen molar-refractivity contribution in [3.63, 3.8) is 0 Å². The Balaban J connectivity index is 1.58. The number of amidine groups is 1. The van der Waals surface area contributed by atoms with E-state index in [1.807, 2.05) is 11.8 Å². The fourth-order valence-electron chi connectivity index (χ4n) is 4.71. The van der Waals surface area contributed by atoms with Gasteiger partial charge in [0, 0.05) is 24.5 Å². The number of hydrogen-bond donors (Lipinski definition) is 0. The van der Waals surface area contributed by atoms with Crippen LogP contribution in [0.25, 0.3) is 0 Å². The molecule has 0 N–H and O–H groups in total. The third-order valence-corrected chi connectivity index (χ3v) is 13.3. The molecule has 3 atom stereocenters. The van der Waals surface area contributed by atoms with Crippen LogP contribution in [-0.2, 0) is 16.7 Å². The van der Waals surface area contributed by atoms with E-state index in [4.69, 9.17) is 14.2 Å². The van der Waals surface area contributed by atoms with Gasteiger partial charge in [0.05, 0.1) is 12.0 Å². The Morgan fingerprint density at radius 2 is 1.81 bits per heavy atom. The van der Waals surface area contributed by atoms with Crippen LogP contribution < -0.4 is 4.74 Å². The van der Waals surface area contributed by atoms with Gasteiger partial charge in [0.1, 0.15) is 5.75 Å². The lowest BCUT2D eigenvalue weighted by Gasteiger charge is -2.53. The van der Waals surface area contributed by atoms with Crippen molar-refractivity contribution < 1.29 is 9.16 Å². The fourth-order valence-corrected chi connectivity index (χ4v) is 6.89. The van der Waals surface area contributed by atoms with E-state index in [9.17, 15) is 0 Å². The van der Waals surface area contributed by atoms with E-state index in [2.05, 4.69) is 94.2 Å². The second kappa shape index (κ2) is 7.64. The van der Waals surface area contributed by atoms with Crippen LogP contribution >= 0.6 is 11.8 Å². The molecule has 2 aromatic carbocycles. The third-order valence-electron chi connectivity index (χ3n) is 7.77. The summed E-state index contributed by atoms with van der Waals surface area (Å²) in [4.78, 5) is 7.77. The second-order valence-corrected chi connectivity index (χ2v) is 16.6. The Kier molecular flexibility index (Phi) is 5.26. The van der Waals surface area contributed by atoms with Crippen molar-refractivity contribution in [3.8, 4) is 5.75 Å². The average molecular weight is 467 g/mol.